The zero-order valence-corrected chi connectivity index (χ0v) is 12.7. The molecular weight excluding hydrogens is 328 g/mol. The Bertz CT molecular complexity index is 493. The number of aliphatic hydroxyl groups excluding tert-OH is 1. The van der Waals surface area contributed by atoms with Gasteiger partial charge in [-0.05, 0) is 40.8 Å². The highest BCUT2D eigenvalue weighted by atomic mass is 79.9. The van der Waals surface area contributed by atoms with Crippen LogP contribution in [0.2, 0.25) is 0 Å². The van der Waals surface area contributed by atoms with Crippen LogP contribution in [0.5, 0.6) is 0 Å². The minimum atomic E-state index is -0.536. The van der Waals surface area contributed by atoms with Crippen molar-refractivity contribution >= 4 is 27.5 Å². The van der Waals surface area contributed by atoms with Gasteiger partial charge in [-0.2, -0.15) is 0 Å². The molecule has 0 aliphatic rings. The predicted octanol–water partition coefficient (Wildman–Crippen LogP) is 2.50. The summed E-state index contributed by atoms with van der Waals surface area (Å²) in [5, 5.41) is 22.3. The van der Waals surface area contributed by atoms with Crippen molar-refractivity contribution in [2.45, 2.75) is 19.8 Å². The fourth-order valence-corrected chi connectivity index (χ4v) is 2.07. The van der Waals surface area contributed by atoms with Gasteiger partial charge in [0.15, 0.2) is 0 Å². The van der Waals surface area contributed by atoms with Crippen LogP contribution in [0, 0.1) is 16.0 Å². The van der Waals surface area contributed by atoms with Crippen LogP contribution in [-0.2, 0) is 0 Å². The van der Waals surface area contributed by atoms with E-state index in [9.17, 15) is 14.9 Å². The Kier molecular flexibility index (Phi) is 6.60. The van der Waals surface area contributed by atoms with Crippen LogP contribution in [0.4, 0.5) is 5.69 Å². The van der Waals surface area contributed by atoms with Crippen molar-refractivity contribution in [3.05, 3.63) is 38.3 Å². The molecule has 0 saturated carbocycles. The molecule has 0 radical (unpaired) electrons. The molecular formula is C13H17BrN2O4. The molecule has 0 spiro atoms. The fraction of sp³-hybridized carbons (Fsp3) is 0.462. The van der Waals surface area contributed by atoms with Crippen LogP contribution in [-0.4, -0.2) is 29.1 Å². The lowest BCUT2D eigenvalue weighted by Crippen LogP contribution is -2.25. The summed E-state index contributed by atoms with van der Waals surface area (Å²) in [5.74, 6) is -0.145. The Morgan fingerprint density at radius 3 is 2.85 bits per heavy atom. The predicted molar refractivity (Wildman–Crippen MR) is 78.6 cm³/mol. The van der Waals surface area contributed by atoms with Gasteiger partial charge in [0.2, 0.25) is 0 Å². The van der Waals surface area contributed by atoms with Crippen LogP contribution in [0.1, 0.15) is 30.1 Å². The maximum Gasteiger partial charge on any atom is 0.270 e. The van der Waals surface area contributed by atoms with Gasteiger partial charge in [0, 0.05) is 29.8 Å². The molecule has 6 nitrogen and oxygen atoms in total. The molecule has 0 aliphatic heterocycles. The average molecular weight is 345 g/mol. The molecule has 1 atom stereocenters. The molecule has 7 heteroatoms. The number of nitro groups is 1. The summed E-state index contributed by atoms with van der Waals surface area (Å²) in [5.41, 5.74) is 0.127. The molecule has 0 fully saturated rings. The van der Waals surface area contributed by atoms with Crippen molar-refractivity contribution in [1.29, 1.82) is 0 Å². The van der Waals surface area contributed by atoms with Crippen LogP contribution >= 0.6 is 15.9 Å². The van der Waals surface area contributed by atoms with E-state index in [1.165, 1.54) is 18.2 Å². The Morgan fingerprint density at radius 1 is 1.55 bits per heavy atom. The largest absolute Gasteiger partial charge is 0.396 e. The van der Waals surface area contributed by atoms with Crippen molar-refractivity contribution in [3.8, 4) is 0 Å². The van der Waals surface area contributed by atoms with Gasteiger partial charge in [-0.25, -0.2) is 0 Å². The number of nitro benzene ring substituents is 1. The van der Waals surface area contributed by atoms with E-state index in [2.05, 4.69) is 21.2 Å². The van der Waals surface area contributed by atoms with E-state index in [1.807, 2.05) is 6.92 Å². The van der Waals surface area contributed by atoms with Crippen molar-refractivity contribution in [2.75, 3.05) is 13.2 Å². The highest BCUT2D eigenvalue weighted by molar-refractivity contribution is 9.10. The minimum absolute atomic E-state index is 0.118. The summed E-state index contributed by atoms with van der Waals surface area (Å²) < 4.78 is 0.518. The number of benzene rings is 1. The Balaban J connectivity index is 2.59. The van der Waals surface area contributed by atoms with Gasteiger partial charge in [0.05, 0.1) is 10.5 Å². The summed E-state index contributed by atoms with van der Waals surface area (Å²) in [6.07, 6.45) is 1.56. The van der Waals surface area contributed by atoms with Gasteiger partial charge in [-0.15, -0.1) is 0 Å². The second-order valence-electron chi connectivity index (χ2n) is 4.61. The number of carbonyl (C=O) groups excluding carboxylic acids is 1. The van der Waals surface area contributed by atoms with Crippen molar-refractivity contribution in [3.63, 3.8) is 0 Å². The molecule has 20 heavy (non-hydrogen) atoms. The number of rotatable bonds is 7. The lowest BCUT2D eigenvalue weighted by molar-refractivity contribution is -0.384. The first-order valence-corrected chi connectivity index (χ1v) is 7.08. The van der Waals surface area contributed by atoms with E-state index in [0.717, 1.165) is 12.8 Å². The second kappa shape index (κ2) is 7.96. The average Bonchev–Trinajstić information content (AvgIpc) is 2.43. The molecule has 1 aromatic carbocycles. The second-order valence-corrected chi connectivity index (χ2v) is 5.46. The first kappa shape index (κ1) is 16.6. The number of carbonyl (C=O) groups is 1. The standard InChI is InChI=1S/C13H17BrN2O4/c1-9(8-17)3-2-6-15-13(18)11-7-10(16(19)20)4-5-12(11)14/h4-5,7,9,17H,2-3,6,8H2,1H3,(H,15,18). The van der Waals surface area contributed by atoms with Crippen molar-refractivity contribution < 1.29 is 14.8 Å². The quantitative estimate of drug-likeness (QED) is 0.451. The van der Waals surface area contributed by atoms with Crippen molar-refractivity contribution in [2.24, 2.45) is 5.92 Å². The van der Waals surface area contributed by atoms with Crippen LogP contribution in [0.25, 0.3) is 0 Å². The molecule has 1 unspecified atom stereocenters. The molecule has 0 heterocycles. The normalized spacial score (nSPS) is 11.9. The van der Waals surface area contributed by atoms with Crippen LogP contribution in [0.3, 0.4) is 0 Å². The molecule has 0 saturated heterocycles. The molecule has 0 aromatic heterocycles. The topological polar surface area (TPSA) is 92.5 Å². The zero-order valence-electron chi connectivity index (χ0n) is 11.1. The monoisotopic (exact) mass is 344 g/mol. The van der Waals surface area contributed by atoms with E-state index in [4.69, 9.17) is 5.11 Å². The highest BCUT2D eigenvalue weighted by Crippen LogP contribution is 2.22. The van der Waals surface area contributed by atoms with Crippen molar-refractivity contribution in [1.82, 2.24) is 5.32 Å². The number of hydrogen-bond donors (Lipinski definition) is 2. The van der Waals surface area contributed by atoms with E-state index in [0.29, 0.717) is 11.0 Å². The number of non-ortho nitro benzene ring substituents is 1. The number of nitrogens with zero attached hydrogens (tertiary/aromatic N) is 1. The van der Waals surface area contributed by atoms with E-state index in [-0.39, 0.29) is 29.7 Å². The summed E-state index contributed by atoms with van der Waals surface area (Å²) in [7, 11) is 0. The number of hydrogen-bond acceptors (Lipinski definition) is 4. The van der Waals surface area contributed by atoms with E-state index < -0.39 is 4.92 Å². The Morgan fingerprint density at radius 2 is 2.25 bits per heavy atom. The third-order valence-corrected chi connectivity index (χ3v) is 3.57. The third kappa shape index (κ3) is 4.90. The summed E-state index contributed by atoms with van der Waals surface area (Å²) in [6, 6.07) is 4.07. The zero-order chi connectivity index (χ0) is 15.1. The summed E-state index contributed by atoms with van der Waals surface area (Å²) in [6.45, 7) is 2.53. The summed E-state index contributed by atoms with van der Waals surface area (Å²) >= 11 is 3.21. The van der Waals surface area contributed by atoms with E-state index >= 15 is 0 Å². The molecule has 2 N–H and O–H groups in total. The molecule has 110 valence electrons. The Labute approximate surface area is 125 Å². The number of amides is 1. The van der Waals surface area contributed by atoms with Gasteiger partial charge in [0.1, 0.15) is 0 Å². The number of aliphatic hydroxyl groups is 1. The van der Waals surface area contributed by atoms with Crippen LogP contribution < -0.4 is 5.32 Å². The van der Waals surface area contributed by atoms with Gasteiger partial charge in [-0.1, -0.05) is 6.92 Å². The van der Waals surface area contributed by atoms with Gasteiger partial charge in [0.25, 0.3) is 11.6 Å². The first-order chi connectivity index (χ1) is 9.45. The number of nitrogens with one attached hydrogen (secondary N) is 1. The van der Waals surface area contributed by atoms with Crippen LogP contribution in [0.15, 0.2) is 22.7 Å². The minimum Gasteiger partial charge on any atom is -0.396 e. The lowest BCUT2D eigenvalue weighted by Gasteiger charge is -2.09. The molecule has 1 amide bonds. The SMILES string of the molecule is CC(CO)CCCNC(=O)c1cc([N+](=O)[O-])ccc1Br. The fourth-order valence-electron chi connectivity index (χ4n) is 1.64. The smallest absolute Gasteiger partial charge is 0.270 e. The van der Waals surface area contributed by atoms with Gasteiger partial charge < -0.3 is 10.4 Å². The maximum absolute atomic E-state index is 11.9. The molecule has 1 aromatic rings. The third-order valence-electron chi connectivity index (χ3n) is 2.88. The van der Waals surface area contributed by atoms with Gasteiger partial charge >= 0.3 is 0 Å². The van der Waals surface area contributed by atoms with Gasteiger partial charge in [-0.3, -0.25) is 14.9 Å². The molecule has 0 bridgehead atoms. The molecule has 1 rings (SSSR count). The Hall–Kier alpha value is -1.47. The maximum atomic E-state index is 11.9. The lowest BCUT2D eigenvalue weighted by atomic mass is 10.1. The number of halogens is 1. The summed E-state index contributed by atoms with van der Waals surface area (Å²) in [4.78, 5) is 22.1. The first-order valence-electron chi connectivity index (χ1n) is 6.28. The van der Waals surface area contributed by atoms with E-state index in [1.54, 1.807) is 0 Å². The molecule has 0 aliphatic carbocycles. The highest BCUT2D eigenvalue weighted by Gasteiger charge is 2.15.